The van der Waals surface area contributed by atoms with Crippen molar-refractivity contribution in [2.75, 3.05) is 32.8 Å². The molecule has 21 heavy (non-hydrogen) atoms. The van der Waals surface area contributed by atoms with E-state index in [0.717, 1.165) is 28.6 Å². The largest absolute Gasteiger partial charge is 0.493 e. The van der Waals surface area contributed by atoms with Crippen LogP contribution in [0.25, 0.3) is 0 Å². The van der Waals surface area contributed by atoms with Crippen LogP contribution in [0.3, 0.4) is 0 Å². The molecule has 0 atom stereocenters. The molecule has 1 saturated heterocycles. The number of amides is 1. The van der Waals surface area contributed by atoms with Crippen LogP contribution >= 0.6 is 23.5 Å². The fourth-order valence-electron chi connectivity index (χ4n) is 2.06. The number of hydroxylamine groups is 2. The lowest BCUT2D eigenvalue weighted by molar-refractivity contribution is -0.0757. The summed E-state index contributed by atoms with van der Waals surface area (Å²) in [5.74, 6) is 1.37. The molecule has 1 aromatic rings. The fourth-order valence-corrected chi connectivity index (χ4v) is 4.97. The Morgan fingerprint density at radius 1 is 1.33 bits per heavy atom. The van der Waals surface area contributed by atoms with Gasteiger partial charge in [0.05, 0.1) is 18.8 Å². The Hall–Kier alpha value is -0.920. The maximum Gasteiger partial charge on any atom is 0.277 e. The van der Waals surface area contributed by atoms with Gasteiger partial charge >= 0.3 is 0 Å². The van der Waals surface area contributed by atoms with Crippen molar-refractivity contribution in [1.82, 2.24) is 5.06 Å². The molecule has 1 aliphatic heterocycles. The van der Waals surface area contributed by atoms with Crippen molar-refractivity contribution in [3.05, 3.63) is 29.1 Å². The highest BCUT2D eigenvalue weighted by Gasteiger charge is 2.25. The number of nitrogens with zero attached hydrogens (tertiary/aromatic N) is 1. The number of hydrogen-bond donors (Lipinski definition) is 0. The Bertz CT molecular complexity index is 521. The number of methoxy groups -OCH3 is 1. The van der Waals surface area contributed by atoms with E-state index in [1.54, 1.807) is 29.6 Å². The summed E-state index contributed by atoms with van der Waals surface area (Å²) >= 11 is 3.50. The van der Waals surface area contributed by atoms with Crippen LogP contribution in [0.5, 0.6) is 5.75 Å². The summed E-state index contributed by atoms with van der Waals surface area (Å²) in [6.07, 6.45) is 1.14. The summed E-state index contributed by atoms with van der Waals surface area (Å²) in [6.45, 7) is 0. The smallest absolute Gasteiger partial charge is 0.277 e. The van der Waals surface area contributed by atoms with Crippen LogP contribution in [0.1, 0.15) is 26.9 Å². The van der Waals surface area contributed by atoms with Crippen LogP contribution in [0.4, 0.5) is 4.39 Å². The van der Waals surface area contributed by atoms with Crippen LogP contribution in [0, 0.1) is 5.82 Å². The first kappa shape index (κ1) is 16.5. The van der Waals surface area contributed by atoms with Crippen molar-refractivity contribution in [3.63, 3.8) is 0 Å². The quantitative estimate of drug-likeness (QED) is 0.791. The third-order valence-corrected chi connectivity index (χ3v) is 6.14. The molecule has 1 aromatic carbocycles. The number of thioether (sulfide) groups is 2. The minimum Gasteiger partial charge on any atom is -0.493 e. The minimum atomic E-state index is -0.519. The van der Waals surface area contributed by atoms with E-state index in [1.165, 1.54) is 27.3 Å². The first-order valence-corrected chi connectivity index (χ1v) is 8.61. The molecular weight excluding hydrogens is 313 g/mol. The molecule has 0 aromatic heterocycles. The van der Waals surface area contributed by atoms with E-state index in [-0.39, 0.29) is 21.8 Å². The average molecular weight is 331 g/mol. The Morgan fingerprint density at radius 3 is 2.57 bits per heavy atom. The highest BCUT2D eigenvalue weighted by atomic mass is 32.2. The summed E-state index contributed by atoms with van der Waals surface area (Å²) in [4.78, 5) is 17.0. The highest BCUT2D eigenvalue weighted by molar-refractivity contribution is 8.16. The maximum atomic E-state index is 14.2. The number of carbonyl (C=O) groups excluding carboxylic acids is 1. The van der Waals surface area contributed by atoms with Crippen LogP contribution in [0.2, 0.25) is 0 Å². The molecule has 1 heterocycles. The summed E-state index contributed by atoms with van der Waals surface area (Å²) in [5.41, 5.74) is 0.986. The number of carbonyl (C=O) groups is 1. The van der Waals surface area contributed by atoms with Gasteiger partial charge in [-0.05, 0) is 30.1 Å². The average Bonchev–Trinajstić information content (AvgIpc) is 2.53. The summed E-state index contributed by atoms with van der Waals surface area (Å²) < 4.78 is 19.5. The first-order chi connectivity index (χ1) is 10.1. The standard InChI is InChI=1S/C14H18FNO3S2/c1-16(19-3)13(17)9-7-10(12(18-2)11(15)8-9)14-20-5-4-6-21-14/h7-8,14H,4-6H2,1-3H3. The predicted molar refractivity (Wildman–Crippen MR) is 84.3 cm³/mol. The zero-order chi connectivity index (χ0) is 15.4. The van der Waals surface area contributed by atoms with E-state index in [1.807, 2.05) is 0 Å². The van der Waals surface area contributed by atoms with Gasteiger partial charge in [-0.15, -0.1) is 23.5 Å². The van der Waals surface area contributed by atoms with E-state index in [0.29, 0.717) is 0 Å². The first-order valence-electron chi connectivity index (χ1n) is 6.51. The molecule has 0 radical (unpaired) electrons. The number of rotatable bonds is 4. The molecule has 4 nitrogen and oxygen atoms in total. The molecule has 0 saturated carbocycles. The SMILES string of the molecule is COc1c(F)cc(C(=O)N(C)OC)cc1C1SCCCS1. The van der Waals surface area contributed by atoms with Crippen LogP contribution in [-0.4, -0.2) is 43.7 Å². The zero-order valence-corrected chi connectivity index (χ0v) is 13.9. The number of ether oxygens (including phenoxy) is 1. The Balaban J connectivity index is 2.41. The normalized spacial score (nSPS) is 15.8. The lowest BCUT2D eigenvalue weighted by Gasteiger charge is -2.24. The number of hydrogen-bond acceptors (Lipinski definition) is 5. The van der Waals surface area contributed by atoms with Gasteiger partial charge in [-0.25, -0.2) is 9.45 Å². The lowest BCUT2D eigenvalue weighted by Crippen LogP contribution is -2.25. The molecule has 0 N–H and O–H groups in total. The lowest BCUT2D eigenvalue weighted by atomic mass is 10.1. The molecule has 0 unspecified atom stereocenters. The van der Waals surface area contributed by atoms with Crippen molar-refractivity contribution in [2.24, 2.45) is 0 Å². The number of benzene rings is 1. The van der Waals surface area contributed by atoms with Crippen molar-refractivity contribution in [3.8, 4) is 5.75 Å². The molecule has 0 bridgehead atoms. The minimum absolute atomic E-state index is 0.0869. The van der Waals surface area contributed by atoms with Gasteiger partial charge < -0.3 is 4.74 Å². The fraction of sp³-hybridized carbons (Fsp3) is 0.500. The Morgan fingerprint density at radius 2 is 2.00 bits per heavy atom. The second kappa shape index (κ2) is 7.38. The molecule has 1 fully saturated rings. The van der Waals surface area contributed by atoms with E-state index >= 15 is 0 Å². The van der Waals surface area contributed by atoms with Crippen LogP contribution in [0.15, 0.2) is 12.1 Å². The summed E-state index contributed by atoms with van der Waals surface area (Å²) in [5, 5.41) is 1.08. The third-order valence-electron chi connectivity index (χ3n) is 3.16. The van der Waals surface area contributed by atoms with Crippen LogP contribution < -0.4 is 4.74 Å². The summed E-state index contributed by atoms with van der Waals surface area (Å²) in [7, 11) is 4.34. The maximum absolute atomic E-state index is 14.2. The predicted octanol–water partition coefficient (Wildman–Crippen LogP) is 3.34. The van der Waals surface area contributed by atoms with Gasteiger partial charge in [0.1, 0.15) is 0 Å². The van der Waals surface area contributed by atoms with Gasteiger partial charge in [0.25, 0.3) is 5.91 Å². The van der Waals surface area contributed by atoms with Gasteiger partial charge in [0, 0.05) is 18.2 Å². The monoisotopic (exact) mass is 331 g/mol. The third kappa shape index (κ3) is 3.64. The summed E-state index contributed by atoms with van der Waals surface area (Å²) in [6, 6.07) is 2.90. The molecule has 1 amide bonds. The van der Waals surface area contributed by atoms with Crippen molar-refractivity contribution < 1.29 is 18.8 Å². The second-order valence-electron chi connectivity index (χ2n) is 4.49. The zero-order valence-electron chi connectivity index (χ0n) is 12.2. The highest BCUT2D eigenvalue weighted by Crippen LogP contribution is 2.47. The Kier molecular flexibility index (Phi) is 5.78. The molecule has 116 valence electrons. The number of halogens is 1. The van der Waals surface area contributed by atoms with Gasteiger partial charge in [-0.2, -0.15) is 0 Å². The molecule has 0 spiro atoms. The van der Waals surface area contributed by atoms with Crippen molar-refractivity contribution in [1.29, 1.82) is 0 Å². The molecule has 1 aliphatic rings. The van der Waals surface area contributed by atoms with Gasteiger partial charge in [0.2, 0.25) is 0 Å². The van der Waals surface area contributed by atoms with E-state index in [2.05, 4.69) is 0 Å². The van der Waals surface area contributed by atoms with E-state index < -0.39 is 5.82 Å². The van der Waals surface area contributed by atoms with Gasteiger partial charge in [0.15, 0.2) is 11.6 Å². The van der Waals surface area contributed by atoms with Crippen molar-refractivity contribution in [2.45, 2.75) is 11.0 Å². The van der Waals surface area contributed by atoms with Crippen LogP contribution in [-0.2, 0) is 4.84 Å². The van der Waals surface area contributed by atoms with E-state index in [4.69, 9.17) is 9.57 Å². The Labute approximate surface area is 132 Å². The van der Waals surface area contributed by atoms with E-state index in [9.17, 15) is 9.18 Å². The van der Waals surface area contributed by atoms with Gasteiger partial charge in [-0.1, -0.05) is 0 Å². The molecule has 0 aliphatic carbocycles. The topological polar surface area (TPSA) is 38.8 Å². The second-order valence-corrected chi connectivity index (χ2v) is 7.22. The molecule has 2 rings (SSSR count). The molecule has 7 heteroatoms. The van der Waals surface area contributed by atoms with Gasteiger partial charge in [-0.3, -0.25) is 9.63 Å². The molecular formula is C14H18FNO3S2. The van der Waals surface area contributed by atoms with Crippen molar-refractivity contribution >= 4 is 29.4 Å².